The molecule has 1 fully saturated rings. The average molecular weight is 324 g/mol. The van der Waals surface area contributed by atoms with Crippen LogP contribution in [0.4, 0.5) is 4.39 Å². The van der Waals surface area contributed by atoms with Gasteiger partial charge in [-0.05, 0) is 23.3 Å². The van der Waals surface area contributed by atoms with Crippen molar-refractivity contribution < 1.29 is 13.9 Å². The zero-order valence-electron chi connectivity index (χ0n) is 13.1. The lowest BCUT2D eigenvalue weighted by Gasteiger charge is -2.28. The fourth-order valence-electron chi connectivity index (χ4n) is 2.98. The molecule has 0 unspecified atom stereocenters. The van der Waals surface area contributed by atoms with Crippen molar-refractivity contribution >= 4 is 0 Å². The Labute approximate surface area is 139 Å². The molecule has 0 bridgehead atoms. The number of hydrogen-bond donors (Lipinski definition) is 0. The first-order valence-electron chi connectivity index (χ1n) is 7.85. The third kappa shape index (κ3) is 2.84. The minimum atomic E-state index is -0.790. The van der Waals surface area contributed by atoms with Crippen LogP contribution in [0.25, 0.3) is 11.1 Å². The summed E-state index contributed by atoms with van der Waals surface area (Å²) in [4.78, 5) is 4.07. The van der Waals surface area contributed by atoms with E-state index in [0.717, 1.165) is 16.7 Å². The van der Waals surface area contributed by atoms with Gasteiger partial charge in [0.1, 0.15) is 5.82 Å². The first kappa shape index (κ1) is 15.1. The van der Waals surface area contributed by atoms with Crippen LogP contribution in [0, 0.1) is 5.82 Å². The Balaban J connectivity index is 1.63. The maximum absolute atomic E-state index is 13.1. The van der Waals surface area contributed by atoms with Gasteiger partial charge in [0, 0.05) is 18.0 Å². The molecule has 3 aromatic rings. The van der Waals surface area contributed by atoms with E-state index in [4.69, 9.17) is 9.47 Å². The van der Waals surface area contributed by atoms with Gasteiger partial charge in [-0.2, -0.15) is 0 Å². The van der Waals surface area contributed by atoms with E-state index in [-0.39, 0.29) is 5.82 Å². The van der Waals surface area contributed by atoms with Crippen LogP contribution in [-0.2, 0) is 21.8 Å². The maximum atomic E-state index is 13.1. The molecule has 0 N–H and O–H groups in total. The molecule has 0 radical (unpaired) electrons. The van der Waals surface area contributed by atoms with Crippen molar-refractivity contribution in [1.29, 1.82) is 0 Å². The lowest BCUT2D eigenvalue weighted by atomic mass is 10.00. The van der Waals surface area contributed by atoms with Gasteiger partial charge in [-0.25, -0.2) is 9.37 Å². The summed E-state index contributed by atoms with van der Waals surface area (Å²) in [7, 11) is 0. The summed E-state index contributed by atoms with van der Waals surface area (Å²) in [6.07, 6.45) is 5.37. The molecule has 1 aromatic heterocycles. The molecule has 0 spiro atoms. The van der Waals surface area contributed by atoms with Gasteiger partial charge in [0.05, 0.1) is 26.1 Å². The molecule has 4 rings (SSSR count). The molecule has 1 aliphatic rings. The van der Waals surface area contributed by atoms with E-state index in [1.807, 2.05) is 35.0 Å². The first-order valence-corrected chi connectivity index (χ1v) is 7.85. The zero-order chi connectivity index (χ0) is 16.4. The van der Waals surface area contributed by atoms with Gasteiger partial charge in [-0.15, -0.1) is 0 Å². The Bertz CT molecular complexity index is 792. The average Bonchev–Trinajstić information content (AvgIpc) is 3.29. The Morgan fingerprint density at radius 2 is 1.58 bits per heavy atom. The smallest absolute Gasteiger partial charge is 0.213 e. The molecular formula is C19H17FN2O2. The van der Waals surface area contributed by atoms with E-state index in [1.54, 1.807) is 24.7 Å². The molecule has 0 saturated carbocycles. The first-order chi connectivity index (χ1) is 11.8. The summed E-state index contributed by atoms with van der Waals surface area (Å²) in [5, 5.41) is 0. The van der Waals surface area contributed by atoms with Gasteiger partial charge in [0.25, 0.3) is 0 Å². The Morgan fingerprint density at radius 1 is 0.958 bits per heavy atom. The number of aromatic nitrogens is 2. The minimum Gasteiger partial charge on any atom is -0.342 e. The van der Waals surface area contributed by atoms with Crippen molar-refractivity contribution in [3.63, 3.8) is 0 Å². The Morgan fingerprint density at radius 3 is 2.17 bits per heavy atom. The van der Waals surface area contributed by atoms with Gasteiger partial charge >= 0.3 is 0 Å². The van der Waals surface area contributed by atoms with Crippen molar-refractivity contribution in [3.8, 4) is 11.1 Å². The van der Waals surface area contributed by atoms with Crippen LogP contribution in [0.3, 0.4) is 0 Å². The van der Waals surface area contributed by atoms with E-state index in [0.29, 0.717) is 19.8 Å². The molecular weight excluding hydrogens is 307 g/mol. The van der Waals surface area contributed by atoms with E-state index < -0.39 is 5.79 Å². The third-order valence-electron chi connectivity index (χ3n) is 4.21. The van der Waals surface area contributed by atoms with Crippen molar-refractivity contribution in [2.45, 2.75) is 12.3 Å². The number of benzene rings is 2. The van der Waals surface area contributed by atoms with Crippen LogP contribution in [0.1, 0.15) is 5.56 Å². The summed E-state index contributed by atoms with van der Waals surface area (Å²) < 4.78 is 26.9. The van der Waals surface area contributed by atoms with Gasteiger partial charge in [0.15, 0.2) is 0 Å². The summed E-state index contributed by atoms with van der Waals surface area (Å²) in [6, 6.07) is 14.5. The molecule has 5 heteroatoms. The highest BCUT2D eigenvalue weighted by Gasteiger charge is 2.39. The molecule has 122 valence electrons. The van der Waals surface area contributed by atoms with Gasteiger partial charge < -0.3 is 14.0 Å². The molecule has 0 aliphatic carbocycles. The molecule has 1 aliphatic heterocycles. The van der Waals surface area contributed by atoms with Crippen molar-refractivity contribution in [1.82, 2.24) is 9.55 Å². The van der Waals surface area contributed by atoms with Crippen LogP contribution in [0.15, 0.2) is 67.3 Å². The predicted molar refractivity (Wildman–Crippen MR) is 87.6 cm³/mol. The van der Waals surface area contributed by atoms with E-state index in [9.17, 15) is 4.39 Å². The molecule has 0 atom stereocenters. The van der Waals surface area contributed by atoms with Crippen LogP contribution >= 0.6 is 0 Å². The number of rotatable bonds is 4. The minimum absolute atomic E-state index is 0.234. The highest BCUT2D eigenvalue weighted by Crippen LogP contribution is 2.34. The second-order valence-corrected chi connectivity index (χ2v) is 5.77. The Hall–Kier alpha value is -2.50. The van der Waals surface area contributed by atoms with Crippen molar-refractivity contribution in [2.75, 3.05) is 13.2 Å². The van der Waals surface area contributed by atoms with E-state index in [1.165, 1.54) is 12.1 Å². The fourth-order valence-corrected chi connectivity index (χ4v) is 2.98. The SMILES string of the molecule is Fc1ccc(-c2ccc(C3(Cn4ccnc4)OCCO3)cc2)cc1. The highest BCUT2D eigenvalue weighted by atomic mass is 19.1. The number of nitrogens with zero attached hydrogens (tertiary/aromatic N) is 2. The number of halogens is 1. The summed E-state index contributed by atoms with van der Waals surface area (Å²) in [6.45, 7) is 1.67. The van der Waals surface area contributed by atoms with Gasteiger partial charge in [-0.1, -0.05) is 36.4 Å². The van der Waals surface area contributed by atoms with Crippen LogP contribution in [0.2, 0.25) is 0 Å². The number of hydrogen-bond acceptors (Lipinski definition) is 3. The monoisotopic (exact) mass is 324 g/mol. The molecule has 4 nitrogen and oxygen atoms in total. The highest BCUT2D eigenvalue weighted by molar-refractivity contribution is 5.63. The quantitative estimate of drug-likeness (QED) is 0.736. The summed E-state index contributed by atoms with van der Waals surface area (Å²) in [5.74, 6) is -1.02. The van der Waals surface area contributed by atoms with Crippen LogP contribution in [0.5, 0.6) is 0 Å². The molecule has 2 heterocycles. The number of ether oxygens (including phenoxy) is 2. The second-order valence-electron chi connectivity index (χ2n) is 5.77. The summed E-state index contributed by atoms with van der Waals surface area (Å²) in [5.41, 5.74) is 2.95. The Kier molecular flexibility index (Phi) is 3.88. The lowest BCUT2D eigenvalue weighted by Crippen LogP contribution is -2.32. The topological polar surface area (TPSA) is 36.3 Å². The third-order valence-corrected chi connectivity index (χ3v) is 4.21. The molecule has 1 saturated heterocycles. The number of imidazole rings is 1. The molecule has 0 amide bonds. The van der Waals surface area contributed by atoms with Crippen molar-refractivity contribution in [3.05, 3.63) is 78.6 Å². The maximum Gasteiger partial charge on any atom is 0.213 e. The van der Waals surface area contributed by atoms with Gasteiger partial charge in [0.2, 0.25) is 5.79 Å². The molecule has 2 aromatic carbocycles. The predicted octanol–water partition coefficient (Wildman–Crippen LogP) is 3.59. The fraction of sp³-hybridized carbons (Fsp3) is 0.211. The standard InChI is InChI=1S/C19H17FN2O2/c20-18-7-3-16(4-8-18)15-1-5-17(6-2-15)19(23-11-12-24-19)13-22-10-9-21-14-22/h1-10,14H,11-13H2. The normalized spacial score (nSPS) is 16.4. The molecule has 24 heavy (non-hydrogen) atoms. The van der Waals surface area contributed by atoms with E-state index >= 15 is 0 Å². The zero-order valence-corrected chi connectivity index (χ0v) is 13.1. The second kappa shape index (κ2) is 6.19. The lowest BCUT2D eigenvalue weighted by molar-refractivity contribution is -0.176. The van der Waals surface area contributed by atoms with Crippen LogP contribution < -0.4 is 0 Å². The summed E-state index contributed by atoms with van der Waals surface area (Å²) >= 11 is 0. The van der Waals surface area contributed by atoms with E-state index in [2.05, 4.69) is 4.98 Å². The largest absolute Gasteiger partial charge is 0.342 e. The van der Waals surface area contributed by atoms with Gasteiger partial charge in [-0.3, -0.25) is 0 Å². The van der Waals surface area contributed by atoms with Crippen molar-refractivity contribution in [2.24, 2.45) is 0 Å². The van der Waals surface area contributed by atoms with Crippen LogP contribution in [-0.4, -0.2) is 22.8 Å².